The Kier molecular flexibility index (Phi) is 5.76. The molecule has 0 bridgehead atoms. The zero-order valence-corrected chi connectivity index (χ0v) is 13.1. The number of carbonyl (C=O) groups is 2. The molecule has 116 valence electrons. The van der Waals surface area contributed by atoms with Crippen molar-refractivity contribution in [1.82, 2.24) is 5.32 Å². The van der Waals surface area contributed by atoms with E-state index in [0.717, 1.165) is 11.3 Å². The number of carboxylic acids is 1. The van der Waals surface area contributed by atoms with Gasteiger partial charge in [-0.3, -0.25) is 4.79 Å². The smallest absolute Gasteiger partial charge is 0.319 e. The van der Waals surface area contributed by atoms with Crippen LogP contribution >= 0.6 is 0 Å². The molecule has 0 heterocycles. The van der Waals surface area contributed by atoms with Gasteiger partial charge in [-0.15, -0.1) is 0 Å². The molecule has 1 aromatic carbocycles. The van der Waals surface area contributed by atoms with Crippen LogP contribution in [0.3, 0.4) is 0 Å². The molecule has 1 rings (SSSR count). The Labute approximate surface area is 125 Å². The summed E-state index contributed by atoms with van der Waals surface area (Å²) in [5, 5.41) is 14.4. The summed E-state index contributed by atoms with van der Waals surface area (Å²) in [5.74, 6) is -0.978. The van der Waals surface area contributed by atoms with Gasteiger partial charge in [0, 0.05) is 12.2 Å². The highest BCUT2D eigenvalue weighted by Crippen LogP contribution is 2.28. The molecule has 2 amide bonds. The van der Waals surface area contributed by atoms with E-state index in [4.69, 9.17) is 5.11 Å². The van der Waals surface area contributed by atoms with E-state index in [2.05, 4.69) is 10.6 Å². The number of hydrogen-bond donors (Lipinski definition) is 3. The number of carboxylic acid groups (broad SMARTS) is 1. The summed E-state index contributed by atoms with van der Waals surface area (Å²) in [6.07, 6.45) is 0.0359. The van der Waals surface area contributed by atoms with Crippen LogP contribution in [-0.2, 0) is 4.79 Å². The van der Waals surface area contributed by atoms with Crippen molar-refractivity contribution in [3.8, 4) is 0 Å². The van der Waals surface area contributed by atoms with E-state index in [1.165, 1.54) is 0 Å². The molecule has 0 aromatic heterocycles. The standard InChI is InChI=1S/C16H24N2O3/c1-11-6-5-7-13(8-11)18-15(21)17-10-12(9-14(19)20)16(2,3)4/h5-8,12H,9-10H2,1-4H3,(H,19,20)(H2,17,18,21). The lowest BCUT2D eigenvalue weighted by Crippen LogP contribution is -2.38. The Morgan fingerprint density at radius 3 is 2.48 bits per heavy atom. The molecule has 5 nitrogen and oxygen atoms in total. The topological polar surface area (TPSA) is 78.4 Å². The number of amides is 2. The summed E-state index contributed by atoms with van der Waals surface area (Å²) in [6.45, 7) is 8.20. The molecular formula is C16H24N2O3. The monoisotopic (exact) mass is 292 g/mol. The van der Waals surface area contributed by atoms with Crippen LogP contribution in [0.2, 0.25) is 0 Å². The third-order valence-corrected chi connectivity index (χ3v) is 3.43. The Hall–Kier alpha value is -2.04. The fourth-order valence-electron chi connectivity index (χ4n) is 2.01. The number of urea groups is 1. The molecule has 21 heavy (non-hydrogen) atoms. The number of hydrogen-bond acceptors (Lipinski definition) is 2. The number of rotatable bonds is 5. The third-order valence-electron chi connectivity index (χ3n) is 3.43. The molecule has 0 aliphatic carbocycles. The summed E-state index contributed by atoms with van der Waals surface area (Å²) < 4.78 is 0. The van der Waals surface area contributed by atoms with Gasteiger partial charge in [0.2, 0.25) is 0 Å². The summed E-state index contributed by atoms with van der Waals surface area (Å²) in [5.41, 5.74) is 1.60. The number of carbonyl (C=O) groups excluding carboxylic acids is 1. The number of aliphatic carboxylic acids is 1. The molecule has 1 unspecified atom stereocenters. The molecule has 5 heteroatoms. The summed E-state index contributed by atoms with van der Waals surface area (Å²) in [6, 6.07) is 7.18. The largest absolute Gasteiger partial charge is 0.481 e. The van der Waals surface area contributed by atoms with Gasteiger partial charge in [0.15, 0.2) is 0 Å². The first-order valence-electron chi connectivity index (χ1n) is 7.02. The second kappa shape index (κ2) is 7.11. The zero-order chi connectivity index (χ0) is 16.0. The van der Waals surface area contributed by atoms with Gasteiger partial charge in [0.05, 0.1) is 6.42 Å². The van der Waals surface area contributed by atoms with Gasteiger partial charge in [-0.2, -0.15) is 0 Å². The summed E-state index contributed by atoms with van der Waals surface area (Å²) in [4.78, 5) is 22.8. The molecule has 0 saturated carbocycles. The molecule has 1 atom stereocenters. The minimum atomic E-state index is -0.851. The Morgan fingerprint density at radius 2 is 1.95 bits per heavy atom. The van der Waals surface area contributed by atoms with E-state index in [1.807, 2.05) is 52.0 Å². The van der Waals surface area contributed by atoms with Crippen LogP contribution in [0, 0.1) is 18.3 Å². The normalized spacial score (nSPS) is 12.6. The SMILES string of the molecule is Cc1cccc(NC(=O)NCC(CC(=O)O)C(C)(C)C)c1. The molecule has 1 aromatic rings. The quantitative estimate of drug-likeness (QED) is 0.779. The van der Waals surface area contributed by atoms with Crippen molar-refractivity contribution < 1.29 is 14.7 Å². The van der Waals surface area contributed by atoms with Crippen molar-refractivity contribution in [3.63, 3.8) is 0 Å². The molecule has 0 fully saturated rings. The van der Waals surface area contributed by atoms with E-state index in [9.17, 15) is 9.59 Å². The van der Waals surface area contributed by atoms with Gasteiger partial charge >= 0.3 is 12.0 Å². The van der Waals surface area contributed by atoms with E-state index in [-0.39, 0.29) is 23.8 Å². The average Bonchev–Trinajstić information content (AvgIpc) is 2.32. The van der Waals surface area contributed by atoms with Crippen molar-refractivity contribution in [3.05, 3.63) is 29.8 Å². The molecule has 0 saturated heterocycles. The second-order valence-corrected chi connectivity index (χ2v) is 6.37. The predicted molar refractivity (Wildman–Crippen MR) is 83.4 cm³/mol. The van der Waals surface area contributed by atoms with Crippen molar-refractivity contribution >= 4 is 17.7 Å². The van der Waals surface area contributed by atoms with Gasteiger partial charge in [-0.05, 0) is 36.0 Å². The highest BCUT2D eigenvalue weighted by atomic mass is 16.4. The first kappa shape index (κ1) is 17.0. The van der Waals surface area contributed by atoms with Crippen LogP contribution in [0.4, 0.5) is 10.5 Å². The maximum absolute atomic E-state index is 11.9. The fourth-order valence-corrected chi connectivity index (χ4v) is 2.01. The maximum atomic E-state index is 11.9. The highest BCUT2D eigenvalue weighted by Gasteiger charge is 2.27. The molecule has 0 aliphatic heterocycles. The van der Waals surface area contributed by atoms with Crippen LogP contribution < -0.4 is 10.6 Å². The molecule has 0 radical (unpaired) electrons. The van der Waals surface area contributed by atoms with Gasteiger partial charge in [-0.25, -0.2) is 4.79 Å². The van der Waals surface area contributed by atoms with Crippen LogP contribution in [0.1, 0.15) is 32.8 Å². The number of anilines is 1. The van der Waals surface area contributed by atoms with E-state index in [1.54, 1.807) is 0 Å². The number of benzene rings is 1. The Morgan fingerprint density at radius 1 is 1.29 bits per heavy atom. The minimum absolute atomic E-state index is 0.0359. The number of nitrogens with one attached hydrogen (secondary N) is 2. The van der Waals surface area contributed by atoms with E-state index < -0.39 is 5.97 Å². The van der Waals surface area contributed by atoms with Gasteiger partial charge in [0.25, 0.3) is 0 Å². The van der Waals surface area contributed by atoms with Gasteiger partial charge < -0.3 is 15.7 Å². The van der Waals surface area contributed by atoms with Crippen molar-refractivity contribution in [1.29, 1.82) is 0 Å². The average molecular weight is 292 g/mol. The summed E-state index contributed by atoms with van der Waals surface area (Å²) in [7, 11) is 0. The van der Waals surface area contributed by atoms with Gasteiger partial charge in [0.1, 0.15) is 0 Å². The van der Waals surface area contributed by atoms with Crippen LogP contribution in [0.5, 0.6) is 0 Å². The molecule has 3 N–H and O–H groups in total. The molecular weight excluding hydrogens is 268 g/mol. The second-order valence-electron chi connectivity index (χ2n) is 6.37. The molecule has 0 aliphatic rings. The van der Waals surface area contributed by atoms with Crippen LogP contribution in [0.25, 0.3) is 0 Å². The van der Waals surface area contributed by atoms with Crippen LogP contribution in [-0.4, -0.2) is 23.7 Å². The third kappa shape index (κ3) is 6.29. The highest BCUT2D eigenvalue weighted by molar-refractivity contribution is 5.89. The van der Waals surface area contributed by atoms with Crippen LogP contribution in [0.15, 0.2) is 24.3 Å². The summed E-state index contributed by atoms with van der Waals surface area (Å²) >= 11 is 0. The Balaban J connectivity index is 2.55. The minimum Gasteiger partial charge on any atom is -0.481 e. The van der Waals surface area contributed by atoms with E-state index in [0.29, 0.717) is 6.54 Å². The van der Waals surface area contributed by atoms with E-state index >= 15 is 0 Å². The lowest BCUT2D eigenvalue weighted by Gasteiger charge is -2.29. The lowest BCUT2D eigenvalue weighted by molar-refractivity contribution is -0.139. The first-order valence-corrected chi connectivity index (χ1v) is 7.02. The zero-order valence-electron chi connectivity index (χ0n) is 13.1. The maximum Gasteiger partial charge on any atom is 0.319 e. The predicted octanol–water partition coefficient (Wildman–Crippen LogP) is 3.25. The van der Waals surface area contributed by atoms with Crippen molar-refractivity contribution in [2.75, 3.05) is 11.9 Å². The Bertz CT molecular complexity index is 506. The van der Waals surface area contributed by atoms with Crippen molar-refractivity contribution in [2.45, 2.75) is 34.1 Å². The fraction of sp³-hybridized carbons (Fsp3) is 0.500. The lowest BCUT2D eigenvalue weighted by atomic mass is 9.79. The molecule has 0 spiro atoms. The first-order chi connectivity index (χ1) is 9.68. The van der Waals surface area contributed by atoms with Crippen molar-refractivity contribution in [2.24, 2.45) is 11.3 Å². The number of aryl methyl sites for hydroxylation is 1. The van der Waals surface area contributed by atoms with Gasteiger partial charge in [-0.1, -0.05) is 32.9 Å².